The van der Waals surface area contributed by atoms with Gasteiger partial charge < -0.3 is 15.4 Å². The van der Waals surface area contributed by atoms with Crippen molar-refractivity contribution in [3.63, 3.8) is 0 Å². The Kier molecular flexibility index (Phi) is 6.70. The number of halogens is 4. The van der Waals surface area contributed by atoms with Crippen LogP contribution in [0, 0.1) is 5.92 Å². The summed E-state index contributed by atoms with van der Waals surface area (Å²) >= 11 is 0. The van der Waals surface area contributed by atoms with Crippen LogP contribution < -0.4 is 15.4 Å². The van der Waals surface area contributed by atoms with Crippen molar-refractivity contribution in [1.82, 2.24) is 0 Å². The Labute approximate surface area is 139 Å². The van der Waals surface area contributed by atoms with Crippen molar-refractivity contribution in [3.8, 4) is 5.75 Å². The molecule has 0 spiro atoms. The van der Waals surface area contributed by atoms with Crippen LogP contribution in [0.1, 0.15) is 25.7 Å². The molecule has 0 aromatic heterocycles. The molecule has 2 rings (SSSR count). The lowest BCUT2D eigenvalue weighted by Crippen LogP contribution is -2.33. The molecule has 0 saturated heterocycles. The maximum atomic E-state index is 12.2. The number of hydrogen-bond acceptors (Lipinski definition) is 3. The second-order valence-corrected chi connectivity index (χ2v) is 5.56. The van der Waals surface area contributed by atoms with Crippen molar-refractivity contribution in [2.45, 2.75) is 38.1 Å². The number of carbonyl (C=O) groups is 1. The number of nitrogens with two attached hydrogens (primary N) is 1. The van der Waals surface area contributed by atoms with E-state index in [2.05, 4.69) is 4.74 Å². The molecular formula is C15H20ClF3N2O2. The molecule has 0 bridgehead atoms. The molecule has 1 aromatic rings. The van der Waals surface area contributed by atoms with E-state index in [1.807, 2.05) is 0 Å². The molecule has 1 aliphatic carbocycles. The molecular weight excluding hydrogens is 333 g/mol. The van der Waals surface area contributed by atoms with Gasteiger partial charge in [-0.05, 0) is 30.9 Å². The third-order valence-corrected chi connectivity index (χ3v) is 3.97. The van der Waals surface area contributed by atoms with E-state index in [0.717, 1.165) is 19.3 Å². The van der Waals surface area contributed by atoms with Gasteiger partial charge in [-0.25, -0.2) is 0 Å². The molecule has 0 aliphatic heterocycles. The molecule has 1 aromatic carbocycles. The number of carbonyl (C=O) groups excluding carboxylic acids is 1. The van der Waals surface area contributed by atoms with Gasteiger partial charge in [0.15, 0.2) is 0 Å². The van der Waals surface area contributed by atoms with Crippen molar-refractivity contribution in [2.75, 3.05) is 11.9 Å². The second kappa shape index (κ2) is 7.88. The molecule has 0 heterocycles. The molecule has 8 heteroatoms. The molecule has 23 heavy (non-hydrogen) atoms. The Bertz CT molecular complexity index is 540. The normalized spacial score (nSPS) is 20.7. The van der Waals surface area contributed by atoms with Gasteiger partial charge in [-0.15, -0.1) is 25.6 Å². The highest BCUT2D eigenvalue weighted by atomic mass is 35.5. The van der Waals surface area contributed by atoms with Crippen molar-refractivity contribution in [3.05, 3.63) is 24.3 Å². The van der Waals surface area contributed by atoms with E-state index >= 15 is 0 Å². The quantitative estimate of drug-likeness (QED) is 0.902. The number of anilines is 1. The standard InChI is InChI=1S/C15H19F3N2O2.ClH/c1-20(14(21)8-10-4-2-7-13(10)19)11-5-3-6-12(9-11)22-15(16,17)18;/h3,5-6,9-10,13H,2,4,7-8,19H2,1H3;1H/t10-,13+;/m0./s1. The highest BCUT2D eigenvalue weighted by Crippen LogP contribution is 2.30. The third-order valence-electron chi connectivity index (χ3n) is 3.97. The van der Waals surface area contributed by atoms with Gasteiger partial charge in [-0.2, -0.15) is 0 Å². The minimum atomic E-state index is -4.75. The minimum Gasteiger partial charge on any atom is -0.406 e. The predicted molar refractivity (Wildman–Crippen MR) is 83.7 cm³/mol. The number of alkyl halides is 3. The topological polar surface area (TPSA) is 55.6 Å². The highest BCUT2D eigenvalue weighted by molar-refractivity contribution is 5.93. The first-order valence-corrected chi connectivity index (χ1v) is 7.14. The van der Waals surface area contributed by atoms with E-state index in [1.165, 1.54) is 30.1 Å². The zero-order valence-corrected chi connectivity index (χ0v) is 13.5. The Morgan fingerprint density at radius 3 is 2.65 bits per heavy atom. The Morgan fingerprint density at radius 2 is 2.09 bits per heavy atom. The maximum Gasteiger partial charge on any atom is 0.573 e. The highest BCUT2D eigenvalue weighted by Gasteiger charge is 2.31. The smallest absolute Gasteiger partial charge is 0.406 e. The fourth-order valence-electron chi connectivity index (χ4n) is 2.71. The summed E-state index contributed by atoms with van der Waals surface area (Å²) < 4.78 is 40.6. The van der Waals surface area contributed by atoms with Crippen LogP contribution >= 0.6 is 12.4 Å². The summed E-state index contributed by atoms with van der Waals surface area (Å²) in [5.74, 6) is -0.363. The maximum absolute atomic E-state index is 12.2. The van der Waals surface area contributed by atoms with Crippen LogP contribution in [0.2, 0.25) is 0 Å². The monoisotopic (exact) mass is 352 g/mol. The van der Waals surface area contributed by atoms with Crippen LogP contribution in [0.4, 0.5) is 18.9 Å². The largest absolute Gasteiger partial charge is 0.573 e. The number of nitrogens with zero attached hydrogens (tertiary/aromatic N) is 1. The molecule has 1 amide bonds. The van der Waals surface area contributed by atoms with Gasteiger partial charge >= 0.3 is 6.36 Å². The van der Waals surface area contributed by atoms with Gasteiger partial charge in [0.25, 0.3) is 0 Å². The van der Waals surface area contributed by atoms with E-state index < -0.39 is 6.36 Å². The van der Waals surface area contributed by atoms with Gasteiger partial charge in [-0.3, -0.25) is 4.79 Å². The van der Waals surface area contributed by atoms with E-state index in [9.17, 15) is 18.0 Å². The summed E-state index contributed by atoms with van der Waals surface area (Å²) in [5.41, 5.74) is 6.30. The van der Waals surface area contributed by atoms with Crippen molar-refractivity contribution < 1.29 is 22.7 Å². The zero-order valence-electron chi connectivity index (χ0n) is 12.7. The fraction of sp³-hybridized carbons (Fsp3) is 0.533. The molecule has 1 fully saturated rings. The number of rotatable bonds is 4. The van der Waals surface area contributed by atoms with Crippen LogP contribution in [0.15, 0.2) is 24.3 Å². The van der Waals surface area contributed by atoms with Crippen molar-refractivity contribution >= 4 is 24.0 Å². The molecule has 0 unspecified atom stereocenters. The summed E-state index contributed by atoms with van der Waals surface area (Å²) in [5, 5.41) is 0. The summed E-state index contributed by atoms with van der Waals surface area (Å²) in [6, 6.07) is 5.40. The average Bonchev–Trinajstić information content (AvgIpc) is 2.82. The first kappa shape index (κ1) is 19.6. The van der Waals surface area contributed by atoms with E-state index in [1.54, 1.807) is 6.07 Å². The number of benzene rings is 1. The Balaban J connectivity index is 0.00000264. The lowest BCUT2D eigenvalue weighted by atomic mass is 9.99. The first-order chi connectivity index (χ1) is 10.3. The van der Waals surface area contributed by atoms with Crippen LogP contribution in [0.5, 0.6) is 5.75 Å². The van der Waals surface area contributed by atoms with Crippen LogP contribution in [0.3, 0.4) is 0 Å². The van der Waals surface area contributed by atoms with Gasteiger partial charge in [-0.1, -0.05) is 12.5 Å². The van der Waals surface area contributed by atoms with E-state index in [-0.39, 0.29) is 36.0 Å². The predicted octanol–water partition coefficient (Wildman–Crippen LogP) is 3.49. The number of amides is 1. The van der Waals surface area contributed by atoms with Gasteiger partial charge in [0, 0.05) is 31.3 Å². The second-order valence-electron chi connectivity index (χ2n) is 5.56. The summed E-state index contributed by atoms with van der Waals surface area (Å²) in [6.07, 6.45) is -1.61. The average molecular weight is 353 g/mol. The lowest BCUT2D eigenvalue weighted by molar-refractivity contribution is -0.274. The Morgan fingerprint density at radius 1 is 1.39 bits per heavy atom. The summed E-state index contributed by atoms with van der Waals surface area (Å²) in [6.45, 7) is 0. The van der Waals surface area contributed by atoms with Crippen LogP contribution in [0.25, 0.3) is 0 Å². The summed E-state index contributed by atoms with van der Waals surface area (Å²) in [7, 11) is 1.54. The SMILES string of the molecule is CN(C(=O)C[C@@H]1CCC[C@H]1N)c1cccc(OC(F)(F)F)c1.Cl. The molecule has 2 N–H and O–H groups in total. The van der Waals surface area contributed by atoms with Crippen molar-refractivity contribution in [2.24, 2.45) is 11.7 Å². The van der Waals surface area contributed by atoms with Gasteiger partial charge in [0.2, 0.25) is 5.91 Å². The molecule has 130 valence electrons. The number of ether oxygens (including phenoxy) is 1. The molecule has 1 aliphatic rings. The van der Waals surface area contributed by atoms with Gasteiger partial charge in [0.05, 0.1) is 0 Å². The molecule has 2 atom stereocenters. The Hall–Kier alpha value is -1.47. The zero-order chi connectivity index (χ0) is 16.3. The lowest BCUT2D eigenvalue weighted by Gasteiger charge is -2.22. The summed E-state index contributed by atoms with van der Waals surface area (Å²) in [4.78, 5) is 13.6. The van der Waals surface area contributed by atoms with Crippen LogP contribution in [-0.4, -0.2) is 25.4 Å². The molecule has 1 saturated carbocycles. The van der Waals surface area contributed by atoms with Gasteiger partial charge in [0.1, 0.15) is 5.75 Å². The van der Waals surface area contributed by atoms with E-state index in [4.69, 9.17) is 5.73 Å². The van der Waals surface area contributed by atoms with E-state index in [0.29, 0.717) is 12.1 Å². The fourth-order valence-corrected chi connectivity index (χ4v) is 2.71. The first-order valence-electron chi connectivity index (χ1n) is 7.14. The molecule has 0 radical (unpaired) electrons. The van der Waals surface area contributed by atoms with Crippen LogP contribution in [-0.2, 0) is 4.79 Å². The third kappa shape index (κ3) is 5.58. The van der Waals surface area contributed by atoms with Crippen molar-refractivity contribution in [1.29, 1.82) is 0 Å². The minimum absolute atomic E-state index is 0. The molecule has 4 nitrogen and oxygen atoms in total. The number of hydrogen-bond donors (Lipinski definition) is 1.